The number of aryl methyl sites for hydroxylation is 2. The number of piperidine rings is 1. The normalized spacial score (nSPS) is 15.6. The first-order valence-corrected chi connectivity index (χ1v) is 8.57. The first-order valence-electron chi connectivity index (χ1n) is 8.57. The maximum absolute atomic E-state index is 12.9. The molecule has 120 valence electrons. The van der Waals surface area contributed by atoms with Crippen molar-refractivity contribution in [3.05, 3.63) is 70.3 Å². The minimum atomic E-state index is 0.131. The molecule has 2 heteroatoms. The van der Waals surface area contributed by atoms with Crippen molar-refractivity contribution < 1.29 is 4.79 Å². The van der Waals surface area contributed by atoms with E-state index >= 15 is 0 Å². The Bertz CT molecular complexity index is 699. The van der Waals surface area contributed by atoms with E-state index in [2.05, 4.69) is 23.1 Å². The van der Waals surface area contributed by atoms with Gasteiger partial charge in [-0.05, 0) is 63.0 Å². The van der Waals surface area contributed by atoms with Gasteiger partial charge in [-0.1, -0.05) is 42.3 Å². The van der Waals surface area contributed by atoms with Crippen LogP contribution >= 0.6 is 0 Å². The lowest BCUT2D eigenvalue weighted by Crippen LogP contribution is -2.29. The summed E-state index contributed by atoms with van der Waals surface area (Å²) in [6.07, 6.45) is 3.93. The van der Waals surface area contributed by atoms with E-state index in [1.165, 1.54) is 37.9 Å². The lowest BCUT2D eigenvalue weighted by Gasteiger charge is -2.26. The number of likely N-dealkylation sites (tertiary alicyclic amines) is 1. The molecule has 0 atom stereocenters. The maximum atomic E-state index is 12.9. The molecule has 0 saturated carbocycles. The van der Waals surface area contributed by atoms with Crippen LogP contribution in [0.3, 0.4) is 0 Å². The lowest BCUT2D eigenvalue weighted by molar-refractivity contribution is 0.103. The van der Waals surface area contributed by atoms with E-state index in [9.17, 15) is 4.79 Å². The monoisotopic (exact) mass is 307 g/mol. The first kappa shape index (κ1) is 15.9. The minimum absolute atomic E-state index is 0.131. The highest BCUT2D eigenvalue weighted by Gasteiger charge is 2.14. The zero-order valence-electron chi connectivity index (χ0n) is 14.1. The van der Waals surface area contributed by atoms with Gasteiger partial charge in [-0.3, -0.25) is 9.69 Å². The number of benzene rings is 2. The van der Waals surface area contributed by atoms with Crippen molar-refractivity contribution in [2.75, 3.05) is 13.1 Å². The fourth-order valence-electron chi connectivity index (χ4n) is 3.32. The van der Waals surface area contributed by atoms with Crippen LogP contribution < -0.4 is 0 Å². The molecule has 2 nitrogen and oxygen atoms in total. The van der Waals surface area contributed by atoms with E-state index < -0.39 is 0 Å². The Balaban J connectivity index is 1.81. The van der Waals surface area contributed by atoms with Crippen LogP contribution in [0.2, 0.25) is 0 Å². The summed E-state index contributed by atoms with van der Waals surface area (Å²) < 4.78 is 0. The van der Waals surface area contributed by atoms with Gasteiger partial charge in [0.25, 0.3) is 0 Å². The van der Waals surface area contributed by atoms with E-state index in [0.717, 1.165) is 28.8 Å². The SMILES string of the molecule is Cc1ccc(C)c(C(=O)c2cccc(CN3CCCCC3)c2)c1. The van der Waals surface area contributed by atoms with Crippen molar-refractivity contribution in [1.82, 2.24) is 4.90 Å². The van der Waals surface area contributed by atoms with Crippen LogP contribution in [0, 0.1) is 13.8 Å². The molecule has 0 radical (unpaired) electrons. The van der Waals surface area contributed by atoms with Gasteiger partial charge in [-0.2, -0.15) is 0 Å². The Kier molecular flexibility index (Phi) is 4.92. The molecule has 1 heterocycles. The van der Waals surface area contributed by atoms with Crippen molar-refractivity contribution in [3.8, 4) is 0 Å². The second-order valence-corrected chi connectivity index (χ2v) is 6.68. The number of rotatable bonds is 4. The average Bonchev–Trinajstić information content (AvgIpc) is 2.57. The standard InChI is InChI=1S/C21H25NO/c1-16-9-10-17(2)20(13-16)21(23)19-8-6-7-18(14-19)15-22-11-4-3-5-12-22/h6-10,13-14H,3-5,11-12,15H2,1-2H3. The Hall–Kier alpha value is -1.93. The van der Waals surface area contributed by atoms with Crippen LogP contribution in [0.4, 0.5) is 0 Å². The Morgan fingerprint density at radius 3 is 2.57 bits per heavy atom. The molecular formula is C21H25NO. The third-order valence-corrected chi connectivity index (χ3v) is 4.68. The fourth-order valence-corrected chi connectivity index (χ4v) is 3.32. The predicted molar refractivity (Wildman–Crippen MR) is 94.9 cm³/mol. The van der Waals surface area contributed by atoms with Crippen molar-refractivity contribution in [1.29, 1.82) is 0 Å². The van der Waals surface area contributed by atoms with Crippen molar-refractivity contribution in [2.45, 2.75) is 39.7 Å². The van der Waals surface area contributed by atoms with Crippen LogP contribution in [-0.4, -0.2) is 23.8 Å². The topological polar surface area (TPSA) is 20.3 Å². The summed E-state index contributed by atoms with van der Waals surface area (Å²) in [5.74, 6) is 0.131. The van der Waals surface area contributed by atoms with Gasteiger partial charge < -0.3 is 0 Å². The van der Waals surface area contributed by atoms with E-state index in [1.54, 1.807) is 0 Å². The van der Waals surface area contributed by atoms with E-state index in [1.807, 2.05) is 38.1 Å². The van der Waals surface area contributed by atoms with Crippen molar-refractivity contribution >= 4 is 5.78 Å². The molecule has 1 saturated heterocycles. The minimum Gasteiger partial charge on any atom is -0.299 e. The van der Waals surface area contributed by atoms with Gasteiger partial charge >= 0.3 is 0 Å². The Morgan fingerprint density at radius 1 is 1.00 bits per heavy atom. The molecule has 2 aromatic rings. The summed E-state index contributed by atoms with van der Waals surface area (Å²) in [5, 5.41) is 0. The highest BCUT2D eigenvalue weighted by atomic mass is 16.1. The number of hydrogen-bond acceptors (Lipinski definition) is 2. The van der Waals surface area contributed by atoms with Crippen molar-refractivity contribution in [2.24, 2.45) is 0 Å². The van der Waals surface area contributed by atoms with Crippen LogP contribution in [0.25, 0.3) is 0 Å². The fraction of sp³-hybridized carbons (Fsp3) is 0.381. The Labute approximate surface area is 139 Å². The molecule has 23 heavy (non-hydrogen) atoms. The molecular weight excluding hydrogens is 282 g/mol. The van der Waals surface area contributed by atoms with Crippen LogP contribution in [0.1, 0.15) is 51.9 Å². The van der Waals surface area contributed by atoms with E-state index in [4.69, 9.17) is 0 Å². The van der Waals surface area contributed by atoms with Crippen LogP contribution in [0.15, 0.2) is 42.5 Å². The van der Waals surface area contributed by atoms with Gasteiger partial charge in [0.2, 0.25) is 0 Å². The summed E-state index contributed by atoms with van der Waals surface area (Å²) >= 11 is 0. The average molecular weight is 307 g/mol. The van der Waals surface area contributed by atoms with Crippen LogP contribution in [-0.2, 0) is 6.54 Å². The largest absolute Gasteiger partial charge is 0.299 e. The molecule has 0 N–H and O–H groups in total. The summed E-state index contributed by atoms with van der Waals surface area (Å²) in [4.78, 5) is 15.3. The quantitative estimate of drug-likeness (QED) is 0.774. The van der Waals surface area contributed by atoms with E-state index in [0.29, 0.717) is 0 Å². The molecule has 3 rings (SSSR count). The molecule has 0 aliphatic carbocycles. The number of ketones is 1. The smallest absolute Gasteiger partial charge is 0.193 e. The maximum Gasteiger partial charge on any atom is 0.193 e. The predicted octanol–water partition coefficient (Wildman–Crippen LogP) is 4.52. The van der Waals surface area contributed by atoms with Gasteiger partial charge in [-0.25, -0.2) is 0 Å². The molecule has 1 aliphatic rings. The molecule has 0 spiro atoms. The zero-order valence-corrected chi connectivity index (χ0v) is 14.1. The first-order chi connectivity index (χ1) is 11.1. The highest BCUT2D eigenvalue weighted by molar-refractivity contribution is 6.10. The van der Waals surface area contributed by atoms with Gasteiger partial charge in [-0.15, -0.1) is 0 Å². The zero-order chi connectivity index (χ0) is 16.2. The summed E-state index contributed by atoms with van der Waals surface area (Å²) in [6, 6.07) is 14.2. The molecule has 0 unspecified atom stereocenters. The third kappa shape index (κ3) is 3.89. The lowest BCUT2D eigenvalue weighted by atomic mass is 9.96. The highest BCUT2D eigenvalue weighted by Crippen LogP contribution is 2.18. The second-order valence-electron chi connectivity index (χ2n) is 6.68. The Morgan fingerprint density at radius 2 is 1.78 bits per heavy atom. The molecule has 0 aromatic heterocycles. The number of carbonyl (C=O) groups excluding carboxylic acids is 1. The molecule has 1 fully saturated rings. The number of carbonyl (C=O) groups is 1. The molecule has 1 aliphatic heterocycles. The second kappa shape index (κ2) is 7.10. The summed E-state index contributed by atoms with van der Waals surface area (Å²) in [6.45, 7) is 7.34. The third-order valence-electron chi connectivity index (χ3n) is 4.68. The molecule has 2 aromatic carbocycles. The summed E-state index contributed by atoms with van der Waals surface area (Å²) in [7, 11) is 0. The van der Waals surface area contributed by atoms with Gasteiger partial charge in [0.1, 0.15) is 0 Å². The van der Waals surface area contributed by atoms with Crippen molar-refractivity contribution in [3.63, 3.8) is 0 Å². The number of nitrogens with zero attached hydrogens (tertiary/aromatic N) is 1. The van der Waals surface area contributed by atoms with Gasteiger partial charge in [0, 0.05) is 17.7 Å². The number of hydrogen-bond donors (Lipinski definition) is 0. The molecule has 0 bridgehead atoms. The molecule has 0 amide bonds. The summed E-state index contributed by atoms with van der Waals surface area (Å²) in [5.41, 5.74) is 5.03. The van der Waals surface area contributed by atoms with Gasteiger partial charge in [0.15, 0.2) is 5.78 Å². The van der Waals surface area contributed by atoms with Gasteiger partial charge in [0.05, 0.1) is 0 Å². The van der Waals surface area contributed by atoms with E-state index in [-0.39, 0.29) is 5.78 Å². The van der Waals surface area contributed by atoms with Crippen LogP contribution in [0.5, 0.6) is 0 Å².